The Bertz CT molecular complexity index is 266. The van der Waals surface area contributed by atoms with Crippen LogP contribution in [0.25, 0.3) is 0 Å². The van der Waals surface area contributed by atoms with E-state index in [-0.39, 0.29) is 0 Å². The Kier molecular flexibility index (Phi) is 1.89. The van der Waals surface area contributed by atoms with Crippen molar-refractivity contribution in [3.63, 3.8) is 0 Å². The third-order valence-corrected chi connectivity index (χ3v) is 2.72. The third-order valence-electron chi connectivity index (χ3n) is 2.72. The predicted molar refractivity (Wildman–Crippen MR) is 48.0 cm³/mol. The molecule has 1 aliphatic heterocycles. The molecule has 0 radical (unpaired) electrons. The number of rotatable bonds is 1. The van der Waals surface area contributed by atoms with Crippen LogP contribution < -0.4 is 5.32 Å². The lowest BCUT2D eigenvalue weighted by Crippen LogP contribution is -2.23. The molecule has 0 aromatic carbocycles. The lowest BCUT2D eigenvalue weighted by atomic mass is 10.0. The second-order valence-electron chi connectivity index (χ2n) is 3.53. The molecule has 2 atom stereocenters. The molecule has 0 bridgehead atoms. The predicted octanol–water partition coefficient (Wildman–Crippen LogP) is 0.885. The Morgan fingerprint density at radius 1 is 1.67 bits per heavy atom. The molecule has 1 N–H and O–H groups in total. The van der Waals surface area contributed by atoms with Crippen molar-refractivity contribution in [3.8, 4) is 0 Å². The zero-order valence-corrected chi connectivity index (χ0v) is 7.62. The molecule has 0 saturated carbocycles. The summed E-state index contributed by atoms with van der Waals surface area (Å²) in [5.41, 5.74) is 0. The van der Waals surface area contributed by atoms with Crippen LogP contribution in [0.15, 0.2) is 12.4 Å². The fourth-order valence-electron chi connectivity index (χ4n) is 1.95. The van der Waals surface area contributed by atoms with Gasteiger partial charge in [-0.15, -0.1) is 0 Å². The first-order chi connectivity index (χ1) is 5.79. The molecule has 1 aliphatic rings. The van der Waals surface area contributed by atoms with Crippen LogP contribution >= 0.6 is 0 Å². The summed E-state index contributed by atoms with van der Waals surface area (Å²) in [7, 11) is 2.06. The van der Waals surface area contributed by atoms with Crippen molar-refractivity contribution >= 4 is 0 Å². The van der Waals surface area contributed by atoms with Crippen molar-refractivity contribution in [2.24, 2.45) is 7.05 Å². The molecular weight excluding hydrogens is 150 g/mol. The third kappa shape index (κ3) is 1.14. The molecule has 0 spiro atoms. The maximum absolute atomic E-state index is 4.37. The van der Waals surface area contributed by atoms with Crippen molar-refractivity contribution in [2.75, 3.05) is 6.54 Å². The molecule has 2 unspecified atom stereocenters. The van der Waals surface area contributed by atoms with Crippen molar-refractivity contribution in [3.05, 3.63) is 18.2 Å². The summed E-state index contributed by atoms with van der Waals surface area (Å²) >= 11 is 0. The first kappa shape index (κ1) is 7.80. The van der Waals surface area contributed by atoms with Crippen molar-refractivity contribution in [1.29, 1.82) is 0 Å². The summed E-state index contributed by atoms with van der Waals surface area (Å²) in [5, 5.41) is 3.43. The second-order valence-corrected chi connectivity index (χ2v) is 3.53. The van der Waals surface area contributed by atoms with Gasteiger partial charge in [0.05, 0.1) is 0 Å². The monoisotopic (exact) mass is 165 g/mol. The SMILES string of the molecule is CC1NCCC1c1nccn1C. The van der Waals surface area contributed by atoms with Crippen LogP contribution in [-0.4, -0.2) is 22.1 Å². The fraction of sp³-hybridized carbons (Fsp3) is 0.667. The van der Waals surface area contributed by atoms with Gasteiger partial charge in [0, 0.05) is 31.4 Å². The summed E-state index contributed by atoms with van der Waals surface area (Å²) in [6, 6.07) is 0.575. The van der Waals surface area contributed by atoms with E-state index in [1.54, 1.807) is 0 Å². The van der Waals surface area contributed by atoms with E-state index in [0.717, 1.165) is 6.54 Å². The van der Waals surface area contributed by atoms with Gasteiger partial charge in [-0.3, -0.25) is 0 Å². The minimum atomic E-state index is 0.575. The van der Waals surface area contributed by atoms with E-state index in [1.807, 2.05) is 12.4 Å². The minimum absolute atomic E-state index is 0.575. The highest BCUT2D eigenvalue weighted by atomic mass is 15.1. The van der Waals surface area contributed by atoms with E-state index in [0.29, 0.717) is 12.0 Å². The van der Waals surface area contributed by atoms with Gasteiger partial charge in [-0.25, -0.2) is 4.98 Å². The van der Waals surface area contributed by atoms with Gasteiger partial charge in [0.25, 0.3) is 0 Å². The van der Waals surface area contributed by atoms with Gasteiger partial charge in [0.2, 0.25) is 0 Å². The van der Waals surface area contributed by atoms with Gasteiger partial charge in [-0.05, 0) is 19.9 Å². The van der Waals surface area contributed by atoms with E-state index < -0.39 is 0 Å². The number of hydrogen-bond donors (Lipinski definition) is 1. The maximum atomic E-state index is 4.37. The Hall–Kier alpha value is -0.830. The highest BCUT2D eigenvalue weighted by Crippen LogP contribution is 2.25. The minimum Gasteiger partial charge on any atom is -0.338 e. The number of imidazole rings is 1. The van der Waals surface area contributed by atoms with Crippen LogP contribution in [0.1, 0.15) is 25.1 Å². The summed E-state index contributed by atoms with van der Waals surface area (Å²) in [6.07, 6.45) is 5.10. The van der Waals surface area contributed by atoms with E-state index in [4.69, 9.17) is 0 Å². The Morgan fingerprint density at radius 2 is 2.50 bits per heavy atom. The molecule has 12 heavy (non-hydrogen) atoms. The maximum Gasteiger partial charge on any atom is 0.113 e. The van der Waals surface area contributed by atoms with Crippen LogP contribution in [0.4, 0.5) is 0 Å². The average Bonchev–Trinajstić information content (AvgIpc) is 2.59. The largest absolute Gasteiger partial charge is 0.338 e. The number of nitrogens with one attached hydrogen (secondary N) is 1. The quantitative estimate of drug-likeness (QED) is 0.669. The number of nitrogens with zero attached hydrogens (tertiary/aromatic N) is 2. The molecule has 3 heteroatoms. The van der Waals surface area contributed by atoms with E-state index in [1.165, 1.54) is 12.2 Å². The number of aryl methyl sites for hydroxylation is 1. The van der Waals surface area contributed by atoms with Gasteiger partial charge in [0.1, 0.15) is 5.82 Å². The summed E-state index contributed by atoms with van der Waals surface area (Å²) in [4.78, 5) is 4.37. The lowest BCUT2D eigenvalue weighted by Gasteiger charge is -2.14. The molecule has 1 aromatic heterocycles. The smallest absolute Gasteiger partial charge is 0.113 e. The Morgan fingerprint density at radius 3 is 3.00 bits per heavy atom. The first-order valence-electron chi connectivity index (χ1n) is 4.49. The highest BCUT2D eigenvalue weighted by molar-refractivity contribution is 5.06. The zero-order valence-electron chi connectivity index (χ0n) is 7.62. The molecule has 1 saturated heterocycles. The van der Waals surface area contributed by atoms with Crippen molar-refractivity contribution < 1.29 is 0 Å². The van der Waals surface area contributed by atoms with Gasteiger partial charge in [-0.2, -0.15) is 0 Å². The normalized spacial score (nSPS) is 29.5. The fourth-order valence-corrected chi connectivity index (χ4v) is 1.95. The lowest BCUT2D eigenvalue weighted by molar-refractivity contribution is 0.551. The molecule has 3 nitrogen and oxygen atoms in total. The van der Waals surface area contributed by atoms with Gasteiger partial charge in [-0.1, -0.05) is 0 Å². The summed E-state index contributed by atoms with van der Waals surface area (Å²) < 4.78 is 2.12. The molecule has 2 heterocycles. The topological polar surface area (TPSA) is 29.9 Å². The average molecular weight is 165 g/mol. The number of aromatic nitrogens is 2. The van der Waals surface area contributed by atoms with Crippen LogP contribution in [0.5, 0.6) is 0 Å². The second kappa shape index (κ2) is 2.90. The molecule has 2 rings (SSSR count). The van der Waals surface area contributed by atoms with Crippen LogP contribution in [0.3, 0.4) is 0 Å². The van der Waals surface area contributed by atoms with Crippen molar-refractivity contribution in [1.82, 2.24) is 14.9 Å². The Labute approximate surface area is 72.8 Å². The van der Waals surface area contributed by atoms with Gasteiger partial charge in [0.15, 0.2) is 0 Å². The van der Waals surface area contributed by atoms with Crippen LogP contribution in [-0.2, 0) is 7.05 Å². The molecule has 1 aromatic rings. The number of hydrogen-bond acceptors (Lipinski definition) is 2. The van der Waals surface area contributed by atoms with E-state index in [2.05, 4.69) is 28.8 Å². The molecule has 0 aliphatic carbocycles. The zero-order chi connectivity index (χ0) is 8.55. The summed E-state index contributed by atoms with van der Waals surface area (Å²) in [6.45, 7) is 3.35. The van der Waals surface area contributed by atoms with Crippen molar-refractivity contribution in [2.45, 2.75) is 25.3 Å². The standard InChI is InChI=1S/C9H15N3/c1-7-8(3-4-10-7)9-11-5-6-12(9)2/h5-8,10H,3-4H2,1-2H3. The molecule has 1 fully saturated rings. The van der Waals surface area contributed by atoms with Gasteiger partial charge >= 0.3 is 0 Å². The van der Waals surface area contributed by atoms with Gasteiger partial charge < -0.3 is 9.88 Å². The highest BCUT2D eigenvalue weighted by Gasteiger charge is 2.26. The molecule has 0 amide bonds. The first-order valence-corrected chi connectivity index (χ1v) is 4.49. The molecule has 66 valence electrons. The Balaban J connectivity index is 2.24. The van der Waals surface area contributed by atoms with Crippen LogP contribution in [0.2, 0.25) is 0 Å². The van der Waals surface area contributed by atoms with Crippen LogP contribution in [0, 0.1) is 0 Å². The van der Waals surface area contributed by atoms with E-state index >= 15 is 0 Å². The van der Waals surface area contributed by atoms with E-state index in [9.17, 15) is 0 Å². The molecular formula is C9H15N3. The summed E-state index contributed by atoms with van der Waals surface area (Å²) in [5.74, 6) is 1.82.